The van der Waals surface area contributed by atoms with Crippen molar-refractivity contribution in [3.8, 4) is 5.75 Å². The van der Waals surface area contributed by atoms with Crippen molar-refractivity contribution >= 4 is 16.7 Å². The highest BCUT2D eigenvalue weighted by molar-refractivity contribution is 5.89. The first-order valence-corrected chi connectivity index (χ1v) is 10.2. The number of ether oxygens (including phenoxy) is 1. The number of hydrogen-bond donors (Lipinski definition) is 4. The highest BCUT2D eigenvalue weighted by atomic mass is 19.1. The first-order valence-electron chi connectivity index (χ1n) is 10.2. The van der Waals surface area contributed by atoms with Crippen molar-refractivity contribution in [2.45, 2.75) is 50.7 Å². The van der Waals surface area contributed by atoms with Gasteiger partial charge in [-0.2, -0.15) is 0 Å². The van der Waals surface area contributed by atoms with Gasteiger partial charge in [-0.3, -0.25) is 0 Å². The molecule has 5 N–H and O–H groups in total. The average Bonchev–Trinajstić information content (AvgIpc) is 3.20. The summed E-state index contributed by atoms with van der Waals surface area (Å²) in [5, 5.41) is 25.0. The van der Waals surface area contributed by atoms with Crippen LogP contribution in [0.3, 0.4) is 0 Å². The Labute approximate surface area is 173 Å². The molecule has 2 aromatic heterocycles. The maximum atomic E-state index is 14.5. The minimum Gasteiger partial charge on any atom is -0.487 e. The molecule has 1 aliphatic carbocycles. The van der Waals surface area contributed by atoms with Crippen LogP contribution in [-0.4, -0.2) is 44.6 Å². The molecule has 1 aromatic carbocycles. The summed E-state index contributed by atoms with van der Waals surface area (Å²) in [5.41, 5.74) is 9.96. The summed E-state index contributed by atoms with van der Waals surface area (Å²) in [4.78, 5) is 4.25. The molecule has 1 fully saturated rings. The van der Waals surface area contributed by atoms with Crippen LogP contribution in [-0.2, 0) is 13.0 Å². The van der Waals surface area contributed by atoms with E-state index < -0.39 is 30.2 Å². The van der Waals surface area contributed by atoms with E-state index in [0.717, 1.165) is 29.8 Å². The van der Waals surface area contributed by atoms with Gasteiger partial charge in [0.25, 0.3) is 0 Å². The number of aromatic nitrogens is 2. The summed E-state index contributed by atoms with van der Waals surface area (Å²) in [6.07, 6.45) is 1.18. The summed E-state index contributed by atoms with van der Waals surface area (Å²) in [5.74, 6) is 0.223. The van der Waals surface area contributed by atoms with Crippen molar-refractivity contribution in [2.75, 3.05) is 12.3 Å². The molecule has 8 heteroatoms. The summed E-state index contributed by atoms with van der Waals surface area (Å²) in [7, 11) is 0. The Morgan fingerprint density at radius 1 is 1.30 bits per heavy atom. The van der Waals surface area contributed by atoms with Crippen molar-refractivity contribution in [2.24, 2.45) is 0 Å². The fourth-order valence-electron chi connectivity index (χ4n) is 4.75. The zero-order valence-electron chi connectivity index (χ0n) is 16.7. The van der Waals surface area contributed by atoms with Crippen LogP contribution in [0.25, 0.3) is 11.0 Å². The molecule has 2 aliphatic rings. The normalized spacial score (nSPS) is 26.1. The van der Waals surface area contributed by atoms with Gasteiger partial charge in [0.15, 0.2) is 5.82 Å². The van der Waals surface area contributed by atoms with Crippen LogP contribution in [0.5, 0.6) is 5.75 Å². The van der Waals surface area contributed by atoms with Gasteiger partial charge in [0, 0.05) is 36.6 Å². The number of nitrogen functional groups attached to an aromatic ring is 1. The van der Waals surface area contributed by atoms with E-state index in [-0.39, 0.29) is 11.1 Å². The number of nitrogens with zero attached hydrogens (tertiary/aromatic N) is 2. The van der Waals surface area contributed by atoms with E-state index in [1.54, 1.807) is 4.57 Å². The van der Waals surface area contributed by atoms with Crippen LogP contribution in [0.2, 0.25) is 0 Å². The number of pyridine rings is 1. The first-order chi connectivity index (χ1) is 14.4. The Morgan fingerprint density at radius 3 is 2.97 bits per heavy atom. The van der Waals surface area contributed by atoms with Gasteiger partial charge in [-0.05, 0) is 43.1 Å². The molecule has 3 heterocycles. The second kappa shape index (κ2) is 7.23. The summed E-state index contributed by atoms with van der Waals surface area (Å²) >= 11 is 0. The maximum absolute atomic E-state index is 14.5. The lowest BCUT2D eigenvalue weighted by Gasteiger charge is -2.25. The number of anilines is 1. The predicted molar refractivity (Wildman–Crippen MR) is 111 cm³/mol. The van der Waals surface area contributed by atoms with Crippen molar-refractivity contribution in [3.05, 3.63) is 53.1 Å². The van der Waals surface area contributed by atoms with E-state index >= 15 is 0 Å². The van der Waals surface area contributed by atoms with Gasteiger partial charge in [0.2, 0.25) is 0 Å². The molecule has 5 rings (SSSR count). The van der Waals surface area contributed by atoms with Gasteiger partial charge >= 0.3 is 0 Å². The van der Waals surface area contributed by atoms with Crippen molar-refractivity contribution in [3.63, 3.8) is 0 Å². The molecular weight excluding hydrogens is 387 g/mol. The van der Waals surface area contributed by atoms with Gasteiger partial charge in [-0.15, -0.1) is 0 Å². The predicted octanol–water partition coefficient (Wildman–Crippen LogP) is 1.83. The maximum Gasteiger partial charge on any atom is 0.152 e. The molecule has 0 bridgehead atoms. The number of nitrogens with one attached hydrogen (secondary N) is 1. The van der Waals surface area contributed by atoms with E-state index in [9.17, 15) is 14.6 Å². The lowest BCUT2D eigenvalue weighted by atomic mass is 9.97. The number of aliphatic hydroxyl groups excluding tert-OH is 2. The molecule has 0 unspecified atom stereocenters. The number of fused-ring (bicyclic) bond motifs is 2. The standard InChI is InChI=1S/C22H25FN4O3/c1-11-6-12-2-4-25-9-13(12)17(7-11)30-18-8-16(20(28)21(18)29)27-10-14(23)19-15(24)3-5-26-22(19)27/h3,5-7,10,16,18,20-21,25,28-29H,2,4,8-9H2,1H3,(H2,24,26)/t16-,18+,20+,21-/m1/s1. The molecular formula is C22H25FN4O3. The molecule has 7 nitrogen and oxygen atoms in total. The first kappa shape index (κ1) is 19.3. The monoisotopic (exact) mass is 412 g/mol. The fraction of sp³-hybridized carbons (Fsp3) is 0.409. The number of aryl methyl sites for hydroxylation is 1. The van der Waals surface area contributed by atoms with Crippen LogP contribution in [0, 0.1) is 12.7 Å². The number of rotatable bonds is 3. The average molecular weight is 412 g/mol. The van der Waals surface area contributed by atoms with E-state index in [4.69, 9.17) is 10.5 Å². The second-order valence-corrected chi connectivity index (χ2v) is 8.25. The van der Waals surface area contributed by atoms with Crippen molar-refractivity contribution < 1.29 is 19.3 Å². The Bertz CT molecular complexity index is 1120. The molecule has 3 aromatic rings. The Hall–Kier alpha value is -2.68. The smallest absolute Gasteiger partial charge is 0.152 e. The lowest BCUT2D eigenvalue weighted by Crippen LogP contribution is -2.35. The molecule has 1 saturated carbocycles. The van der Waals surface area contributed by atoms with Gasteiger partial charge < -0.3 is 30.6 Å². The third-order valence-electron chi connectivity index (χ3n) is 6.25. The summed E-state index contributed by atoms with van der Waals surface area (Å²) < 4.78 is 22.3. The quantitative estimate of drug-likeness (QED) is 0.523. The van der Waals surface area contributed by atoms with Crippen molar-refractivity contribution in [1.82, 2.24) is 14.9 Å². The Morgan fingerprint density at radius 2 is 2.13 bits per heavy atom. The molecule has 1 aliphatic heterocycles. The third kappa shape index (κ3) is 3.03. The fourth-order valence-corrected chi connectivity index (χ4v) is 4.75. The van der Waals surface area contributed by atoms with Gasteiger partial charge in [-0.1, -0.05) is 6.07 Å². The zero-order valence-corrected chi connectivity index (χ0v) is 16.7. The third-order valence-corrected chi connectivity index (χ3v) is 6.25. The SMILES string of the molecule is Cc1cc2c(c(O[C@H]3C[C@@H](n4cc(F)c5c(N)ccnc54)[C@H](O)[C@@H]3O)c1)CNCC2. The molecule has 0 spiro atoms. The highest BCUT2D eigenvalue weighted by Crippen LogP contribution is 2.38. The van der Waals surface area contributed by atoms with Crippen LogP contribution < -0.4 is 15.8 Å². The van der Waals surface area contributed by atoms with E-state index in [2.05, 4.69) is 16.4 Å². The van der Waals surface area contributed by atoms with Crippen LogP contribution >= 0.6 is 0 Å². The van der Waals surface area contributed by atoms with Gasteiger partial charge in [0.1, 0.15) is 29.7 Å². The summed E-state index contributed by atoms with van der Waals surface area (Å²) in [6.45, 7) is 3.64. The number of benzene rings is 1. The number of halogens is 1. The highest BCUT2D eigenvalue weighted by Gasteiger charge is 2.45. The van der Waals surface area contributed by atoms with Gasteiger partial charge in [0.05, 0.1) is 11.4 Å². The lowest BCUT2D eigenvalue weighted by molar-refractivity contribution is -0.0167. The molecule has 4 atom stereocenters. The second-order valence-electron chi connectivity index (χ2n) is 8.25. The van der Waals surface area contributed by atoms with Crippen LogP contribution in [0.15, 0.2) is 30.6 Å². The minimum atomic E-state index is -1.12. The largest absolute Gasteiger partial charge is 0.487 e. The molecule has 158 valence electrons. The number of hydrogen-bond acceptors (Lipinski definition) is 6. The number of nitrogens with two attached hydrogens (primary N) is 1. The van der Waals surface area contributed by atoms with Gasteiger partial charge in [-0.25, -0.2) is 9.37 Å². The van der Waals surface area contributed by atoms with Crippen molar-refractivity contribution in [1.29, 1.82) is 0 Å². The number of aliphatic hydroxyl groups is 2. The van der Waals surface area contributed by atoms with Crippen LogP contribution in [0.1, 0.15) is 29.2 Å². The molecule has 30 heavy (non-hydrogen) atoms. The Balaban J connectivity index is 1.47. The topological polar surface area (TPSA) is 106 Å². The zero-order chi connectivity index (χ0) is 21.0. The summed E-state index contributed by atoms with van der Waals surface area (Å²) in [6, 6.07) is 5.09. The van der Waals surface area contributed by atoms with Crippen LogP contribution in [0.4, 0.5) is 10.1 Å². The van der Waals surface area contributed by atoms with E-state index in [1.165, 1.54) is 24.0 Å². The minimum absolute atomic E-state index is 0.224. The molecule has 0 radical (unpaired) electrons. The Kier molecular flexibility index (Phi) is 4.65. The van der Waals surface area contributed by atoms with E-state index in [0.29, 0.717) is 18.6 Å². The molecule has 0 saturated heterocycles. The molecule has 0 amide bonds. The van der Waals surface area contributed by atoms with E-state index in [1.807, 2.05) is 13.0 Å².